The highest BCUT2D eigenvalue weighted by molar-refractivity contribution is 5.85. The Balaban J connectivity index is 0.00000242. The number of para-hydroxylation sites is 1. The molecular weight excluding hydrogens is 335 g/mol. The third-order valence-corrected chi connectivity index (χ3v) is 3.85. The number of nitrogens with one attached hydrogen (secondary N) is 2. The van der Waals surface area contributed by atoms with Crippen LogP contribution in [-0.2, 0) is 4.79 Å². The number of hydrogen-bond donors (Lipinski definition) is 2. The van der Waals surface area contributed by atoms with E-state index < -0.39 is 0 Å². The number of rotatable bonds is 7. The number of amides is 1. The smallest absolute Gasteiger partial charge is 0.221 e. The van der Waals surface area contributed by atoms with Gasteiger partial charge in [-0.3, -0.25) is 9.69 Å². The molecule has 1 amide bonds. The summed E-state index contributed by atoms with van der Waals surface area (Å²) in [6.07, 6.45) is 0.592. The SMILES string of the molecule is CNCCNC(=O)CCN1CCN(c2ccccc2)CC1.Cl.Cl. The molecule has 1 saturated heterocycles. The van der Waals surface area contributed by atoms with Gasteiger partial charge in [0.1, 0.15) is 0 Å². The lowest BCUT2D eigenvalue weighted by Gasteiger charge is -2.36. The molecule has 23 heavy (non-hydrogen) atoms. The third-order valence-electron chi connectivity index (χ3n) is 3.85. The highest BCUT2D eigenvalue weighted by Gasteiger charge is 2.17. The lowest BCUT2D eigenvalue weighted by Crippen LogP contribution is -2.47. The molecule has 1 aromatic carbocycles. The fourth-order valence-corrected chi connectivity index (χ4v) is 2.54. The van der Waals surface area contributed by atoms with Gasteiger partial charge in [0.2, 0.25) is 5.91 Å². The van der Waals surface area contributed by atoms with E-state index in [-0.39, 0.29) is 30.7 Å². The van der Waals surface area contributed by atoms with Crippen molar-refractivity contribution in [3.63, 3.8) is 0 Å². The second kappa shape index (κ2) is 12.4. The highest BCUT2D eigenvalue weighted by Crippen LogP contribution is 2.15. The predicted octanol–water partition coefficient (Wildman–Crippen LogP) is 1.38. The number of nitrogens with zero attached hydrogens (tertiary/aromatic N) is 2. The minimum Gasteiger partial charge on any atom is -0.369 e. The van der Waals surface area contributed by atoms with Crippen LogP contribution in [0.5, 0.6) is 0 Å². The molecule has 7 heteroatoms. The molecule has 0 aliphatic carbocycles. The molecule has 0 aromatic heterocycles. The summed E-state index contributed by atoms with van der Waals surface area (Å²) in [4.78, 5) is 16.4. The van der Waals surface area contributed by atoms with Crippen LogP contribution in [0.1, 0.15) is 6.42 Å². The standard InChI is InChI=1S/C16H26N4O.2ClH/c1-17-8-9-18-16(21)7-10-19-11-13-20(14-12-19)15-5-3-2-4-6-15;;/h2-6,17H,7-14H2,1H3,(H,18,21);2*1H. The molecule has 0 unspecified atom stereocenters. The number of halogens is 2. The van der Waals surface area contributed by atoms with Crippen molar-refractivity contribution in [2.75, 3.05) is 57.8 Å². The average Bonchev–Trinajstić information content (AvgIpc) is 2.54. The van der Waals surface area contributed by atoms with E-state index >= 15 is 0 Å². The van der Waals surface area contributed by atoms with Gasteiger partial charge in [-0.1, -0.05) is 18.2 Å². The molecule has 0 atom stereocenters. The van der Waals surface area contributed by atoms with Crippen LogP contribution in [-0.4, -0.2) is 63.7 Å². The minimum absolute atomic E-state index is 0. The maximum absolute atomic E-state index is 11.7. The zero-order chi connectivity index (χ0) is 14.9. The van der Waals surface area contributed by atoms with Gasteiger partial charge < -0.3 is 15.5 Å². The van der Waals surface area contributed by atoms with Gasteiger partial charge in [-0.25, -0.2) is 0 Å². The van der Waals surface area contributed by atoms with Crippen molar-refractivity contribution in [2.45, 2.75) is 6.42 Å². The van der Waals surface area contributed by atoms with Crippen LogP contribution in [0, 0.1) is 0 Å². The molecule has 1 fully saturated rings. The van der Waals surface area contributed by atoms with E-state index in [9.17, 15) is 4.79 Å². The summed E-state index contributed by atoms with van der Waals surface area (Å²) >= 11 is 0. The van der Waals surface area contributed by atoms with Crippen LogP contribution in [0.4, 0.5) is 5.69 Å². The fourth-order valence-electron chi connectivity index (χ4n) is 2.54. The van der Waals surface area contributed by atoms with Crippen molar-refractivity contribution in [1.29, 1.82) is 0 Å². The van der Waals surface area contributed by atoms with Crippen LogP contribution >= 0.6 is 24.8 Å². The van der Waals surface area contributed by atoms with Crippen LogP contribution in [0.15, 0.2) is 30.3 Å². The number of carbonyl (C=O) groups excluding carboxylic acids is 1. The zero-order valence-electron chi connectivity index (χ0n) is 13.7. The zero-order valence-corrected chi connectivity index (χ0v) is 15.3. The van der Waals surface area contributed by atoms with E-state index in [4.69, 9.17) is 0 Å². The molecule has 1 aromatic rings. The van der Waals surface area contributed by atoms with E-state index in [0.717, 1.165) is 39.3 Å². The Morgan fingerprint density at radius 3 is 2.30 bits per heavy atom. The number of carbonyl (C=O) groups is 1. The molecule has 0 saturated carbocycles. The van der Waals surface area contributed by atoms with Gasteiger partial charge in [-0.2, -0.15) is 0 Å². The van der Waals surface area contributed by atoms with Crippen LogP contribution < -0.4 is 15.5 Å². The summed E-state index contributed by atoms with van der Waals surface area (Å²) in [5, 5.41) is 5.94. The first-order chi connectivity index (χ1) is 10.3. The predicted molar refractivity (Wildman–Crippen MR) is 101 cm³/mol. The van der Waals surface area contributed by atoms with Crippen molar-refractivity contribution in [2.24, 2.45) is 0 Å². The van der Waals surface area contributed by atoms with Crippen molar-refractivity contribution in [3.05, 3.63) is 30.3 Å². The molecule has 0 spiro atoms. The van der Waals surface area contributed by atoms with Crippen molar-refractivity contribution in [1.82, 2.24) is 15.5 Å². The lowest BCUT2D eigenvalue weighted by atomic mass is 10.2. The normalized spacial score (nSPS) is 14.6. The third kappa shape index (κ3) is 7.88. The van der Waals surface area contributed by atoms with Gasteiger partial charge in [-0.15, -0.1) is 24.8 Å². The van der Waals surface area contributed by atoms with Gasteiger partial charge in [0.25, 0.3) is 0 Å². The van der Waals surface area contributed by atoms with Gasteiger partial charge >= 0.3 is 0 Å². The van der Waals surface area contributed by atoms with Crippen LogP contribution in [0.25, 0.3) is 0 Å². The van der Waals surface area contributed by atoms with Gasteiger partial charge in [-0.05, 0) is 19.2 Å². The van der Waals surface area contributed by atoms with E-state index in [1.807, 2.05) is 13.1 Å². The van der Waals surface area contributed by atoms with E-state index in [2.05, 4.69) is 44.7 Å². The van der Waals surface area contributed by atoms with Gasteiger partial charge in [0.15, 0.2) is 0 Å². The average molecular weight is 363 g/mol. The van der Waals surface area contributed by atoms with Crippen molar-refractivity contribution >= 4 is 36.4 Å². The molecule has 2 rings (SSSR count). The molecule has 5 nitrogen and oxygen atoms in total. The highest BCUT2D eigenvalue weighted by atomic mass is 35.5. The van der Waals surface area contributed by atoms with Crippen LogP contribution in [0.2, 0.25) is 0 Å². The Bertz CT molecular complexity index is 425. The van der Waals surface area contributed by atoms with Crippen molar-refractivity contribution < 1.29 is 4.79 Å². The first-order valence-corrected chi connectivity index (χ1v) is 7.73. The Hall–Kier alpha value is -1.01. The quantitative estimate of drug-likeness (QED) is 0.719. The van der Waals surface area contributed by atoms with E-state index in [1.165, 1.54) is 5.69 Å². The van der Waals surface area contributed by atoms with E-state index in [0.29, 0.717) is 13.0 Å². The number of hydrogen-bond acceptors (Lipinski definition) is 4. The molecule has 132 valence electrons. The Labute approximate surface area is 151 Å². The Morgan fingerprint density at radius 1 is 1.04 bits per heavy atom. The summed E-state index contributed by atoms with van der Waals surface area (Å²) in [5.74, 6) is 0.149. The maximum Gasteiger partial charge on any atom is 0.221 e. The Morgan fingerprint density at radius 2 is 1.70 bits per heavy atom. The summed E-state index contributed by atoms with van der Waals surface area (Å²) in [6.45, 7) is 6.50. The molecule has 1 aliphatic rings. The number of piperazine rings is 1. The van der Waals surface area contributed by atoms with E-state index in [1.54, 1.807) is 0 Å². The first-order valence-electron chi connectivity index (χ1n) is 7.73. The largest absolute Gasteiger partial charge is 0.369 e. The molecular formula is C16H28Cl2N4O. The summed E-state index contributed by atoms with van der Waals surface area (Å²) in [5.41, 5.74) is 1.29. The lowest BCUT2D eigenvalue weighted by molar-refractivity contribution is -0.121. The monoisotopic (exact) mass is 362 g/mol. The molecule has 2 N–H and O–H groups in total. The van der Waals surface area contributed by atoms with Gasteiger partial charge in [0, 0.05) is 57.9 Å². The second-order valence-corrected chi connectivity index (χ2v) is 5.37. The second-order valence-electron chi connectivity index (χ2n) is 5.37. The fraction of sp³-hybridized carbons (Fsp3) is 0.562. The summed E-state index contributed by atoms with van der Waals surface area (Å²) in [7, 11) is 1.89. The molecule has 0 radical (unpaired) electrons. The topological polar surface area (TPSA) is 47.6 Å². The van der Waals surface area contributed by atoms with Crippen LogP contribution in [0.3, 0.4) is 0 Å². The number of likely N-dealkylation sites (N-methyl/N-ethyl adjacent to an activating group) is 1. The summed E-state index contributed by atoms with van der Waals surface area (Å²) in [6, 6.07) is 10.5. The molecule has 1 aliphatic heterocycles. The molecule has 0 bridgehead atoms. The minimum atomic E-state index is 0. The Kier molecular flexibility index (Phi) is 11.9. The first kappa shape index (κ1) is 22.0. The maximum atomic E-state index is 11.7. The van der Waals surface area contributed by atoms with Crippen molar-refractivity contribution in [3.8, 4) is 0 Å². The summed E-state index contributed by atoms with van der Waals surface area (Å²) < 4.78 is 0. The number of anilines is 1. The molecule has 1 heterocycles. The number of benzene rings is 1. The van der Waals surface area contributed by atoms with Gasteiger partial charge in [0.05, 0.1) is 0 Å².